The molecule has 4 atom stereocenters. The van der Waals surface area contributed by atoms with Crippen LogP contribution in [-0.2, 0) is 10.3 Å². The molecule has 2 amide bonds. The second-order valence-electron chi connectivity index (χ2n) is 10.5. The van der Waals surface area contributed by atoms with Crippen molar-refractivity contribution in [2.75, 3.05) is 26.8 Å². The Morgan fingerprint density at radius 1 is 1.26 bits per heavy atom. The number of halogens is 1. The standard InChI is InChI=1S/C28H45FN2O4/c1-3-10-25(26(32)21-11-4-5-12-21)30-27(33)31-17-9-14-23(20-31)28(34,16-6-7-18-35-2)22-13-8-15-24(29)19-22/h8,13,15,19,21,23,25-26,32,34H,3-7,9-12,14,16-18,20H2,1-2H3,(H,30,33)/t23-,25-,26+,28-/m1/s1. The highest BCUT2D eigenvalue weighted by atomic mass is 19.1. The van der Waals surface area contributed by atoms with Crippen LogP contribution in [0.2, 0.25) is 0 Å². The van der Waals surface area contributed by atoms with Crippen molar-refractivity contribution in [3.05, 3.63) is 35.6 Å². The van der Waals surface area contributed by atoms with E-state index in [1.54, 1.807) is 24.1 Å². The Kier molecular flexibility index (Phi) is 10.8. The summed E-state index contributed by atoms with van der Waals surface area (Å²) in [5.41, 5.74) is -0.649. The molecule has 35 heavy (non-hydrogen) atoms. The lowest BCUT2D eigenvalue weighted by atomic mass is 9.74. The van der Waals surface area contributed by atoms with Gasteiger partial charge in [-0.25, -0.2) is 9.18 Å². The van der Waals surface area contributed by atoms with Crippen molar-refractivity contribution in [1.29, 1.82) is 0 Å². The van der Waals surface area contributed by atoms with Gasteiger partial charge in [-0.15, -0.1) is 0 Å². The minimum absolute atomic E-state index is 0.175. The number of hydrogen-bond donors (Lipinski definition) is 3. The van der Waals surface area contributed by atoms with Crippen LogP contribution >= 0.6 is 0 Å². The van der Waals surface area contributed by atoms with E-state index in [4.69, 9.17) is 4.74 Å². The van der Waals surface area contributed by atoms with Gasteiger partial charge in [-0.1, -0.05) is 38.3 Å². The molecule has 1 aliphatic carbocycles. The summed E-state index contributed by atoms with van der Waals surface area (Å²) in [7, 11) is 1.66. The fraction of sp³-hybridized carbons (Fsp3) is 0.750. The van der Waals surface area contributed by atoms with E-state index in [1.165, 1.54) is 12.1 Å². The van der Waals surface area contributed by atoms with E-state index >= 15 is 0 Å². The Hall–Kier alpha value is -1.70. The molecule has 1 aromatic carbocycles. The number of ether oxygens (including phenoxy) is 1. The van der Waals surface area contributed by atoms with Crippen LogP contribution in [0.4, 0.5) is 9.18 Å². The lowest BCUT2D eigenvalue weighted by molar-refractivity contribution is -0.0568. The minimum atomic E-state index is -1.22. The van der Waals surface area contributed by atoms with Gasteiger partial charge in [0.2, 0.25) is 0 Å². The topological polar surface area (TPSA) is 82.0 Å². The lowest BCUT2D eigenvalue weighted by Gasteiger charge is -2.43. The molecular formula is C28H45FN2O4. The van der Waals surface area contributed by atoms with Gasteiger partial charge < -0.3 is 25.2 Å². The van der Waals surface area contributed by atoms with E-state index in [2.05, 4.69) is 12.2 Å². The molecule has 1 aromatic rings. The first kappa shape index (κ1) is 27.9. The van der Waals surface area contributed by atoms with Gasteiger partial charge >= 0.3 is 6.03 Å². The summed E-state index contributed by atoms with van der Waals surface area (Å²) >= 11 is 0. The number of likely N-dealkylation sites (tertiary alicyclic amines) is 1. The molecule has 0 aromatic heterocycles. The van der Waals surface area contributed by atoms with Crippen LogP contribution in [0.15, 0.2) is 24.3 Å². The second-order valence-corrected chi connectivity index (χ2v) is 10.5. The molecule has 0 bridgehead atoms. The molecule has 1 aliphatic heterocycles. The van der Waals surface area contributed by atoms with Gasteiger partial charge in [-0.05, 0) is 75.0 Å². The van der Waals surface area contributed by atoms with Crippen molar-refractivity contribution >= 4 is 6.03 Å². The molecule has 0 radical (unpaired) electrons. The predicted molar refractivity (Wildman–Crippen MR) is 136 cm³/mol. The summed E-state index contributed by atoms with van der Waals surface area (Å²) in [6.45, 7) is 3.70. The number of hydrogen-bond acceptors (Lipinski definition) is 4. The number of piperidine rings is 1. The van der Waals surface area contributed by atoms with Gasteiger partial charge in [0.05, 0.1) is 17.7 Å². The first-order valence-electron chi connectivity index (χ1n) is 13.6. The van der Waals surface area contributed by atoms with E-state index in [1.807, 2.05) is 0 Å². The Balaban J connectivity index is 1.71. The minimum Gasteiger partial charge on any atom is -0.391 e. The van der Waals surface area contributed by atoms with Gasteiger partial charge in [0.25, 0.3) is 0 Å². The molecule has 6 nitrogen and oxygen atoms in total. The van der Waals surface area contributed by atoms with Gasteiger partial charge in [0.1, 0.15) is 5.82 Å². The molecule has 3 rings (SSSR count). The van der Waals surface area contributed by atoms with Gasteiger partial charge in [0.15, 0.2) is 0 Å². The number of benzene rings is 1. The van der Waals surface area contributed by atoms with Crippen molar-refractivity contribution in [1.82, 2.24) is 10.2 Å². The third-order valence-electron chi connectivity index (χ3n) is 8.07. The number of rotatable bonds is 12. The van der Waals surface area contributed by atoms with Crippen molar-refractivity contribution in [2.24, 2.45) is 11.8 Å². The number of unbranched alkanes of at least 4 members (excludes halogenated alkanes) is 1. The fourth-order valence-corrected chi connectivity index (χ4v) is 6.05. The maximum absolute atomic E-state index is 14.1. The Morgan fingerprint density at radius 3 is 2.71 bits per heavy atom. The van der Waals surface area contributed by atoms with E-state index in [0.29, 0.717) is 31.7 Å². The highest BCUT2D eigenvalue weighted by Gasteiger charge is 2.42. The molecule has 2 aliphatic rings. The second kappa shape index (κ2) is 13.6. The summed E-state index contributed by atoms with van der Waals surface area (Å²) in [6, 6.07) is 5.80. The maximum Gasteiger partial charge on any atom is 0.317 e. The average Bonchev–Trinajstić information content (AvgIpc) is 3.41. The van der Waals surface area contributed by atoms with Crippen molar-refractivity contribution in [3.63, 3.8) is 0 Å². The molecule has 3 N–H and O–H groups in total. The Labute approximate surface area is 210 Å². The predicted octanol–water partition coefficient (Wildman–Crippen LogP) is 4.97. The van der Waals surface area contributed by atoms with Crippen molar-refractivity contribution in [2.45, 2.75) is 95.3 Å². The largest absolute Gasteiger partial charge is 0.391 e. The van der Waals surface area contributed by atoms with Gasteiger partial charge in [-0.3, -0.25) is 0 Å². The summed E-state index contributed by atoms with van der Waals surface area (Å²) in [5, 5.41) is 26.0. The maximum atomic E-state index is 14.1. The molecular weight excluding hydrogens is 447 g/mol. The highest BCUT2D eigenvalue weighted by Crippen LogP contribution is 2.40. The summed E-state index contributed by atoms with van der Waals surface area (Å²) in [6.07, 6.45) is 9.02. The Morgan fingerprint density at radius 2 is 2.03 bits per heavy atom. The Bertz CT molecular complexity index is 788. The van der Waals surface area contributed by atoms with E-state index in [-0.39, 0.29) is 29.7 Å². The smallest absolute Gasteiger partial charge is 0.317 e. The molecule has 1 heterocycles. The van der Waals surface area contributed by atoms with Crippen LogP contribution in [0.25, 0.3) is 0 Å². The molecule has 7 heteroatoms. The van der Waals surface area contributed by atoms with E-state index < -0.39 is 11.7 Å². The van der Waals surface area contributed by atoms with Crippen LogP contribution < -0.4 is 5.32 Å². The quantitative estimate of drug-likeness (QED) is 0.360. The van der Waals surface area contributed by atoms with Crippen LogP contribution in [0.5, 0.6) is 0 Å². The number of urea groups is 1. The number of carbonyl (C=O) groups excluding carboxylic acids is 1. The number of amides is 2. The number of aliphatic hydroxyl groups excluding tert-OH is 1. The molecule has 1 saturated carbocycles. The third-order valence-corrected chi connectivity index (χ3v) is 8.07. The third kappa shape index (κ3) is 7.40. The van der Waals surface area contributed by atoms with Gasteiger partial charge in [0, 0.05) is 32.7 Å². The summed E-state index contributed by atoms with van der Waals surface area (Å²) in [4.78, 5) is 15.1. The zero-order valence-electron chi connectivity index (χ0n) is 21.6. The van der Waals surface area contributed by atoms with E-state index in [0.717, 1.165) is 64.2 Å². The fourth-order valence-electron chi connectivity index (χ4n) is 6.05. The first-order chi connectivity index (χ1) is 16.9. The van der Waals surface area contributed by atoms with Crippen LogP contribution in [-0.4, -0.2) is 60.1 Å². The molecule has 1 saturated heterocycles. The molecule has 0 unspecified atom stereocenters. The summed E-state index contributed by atoms with van der Waals surface area (Å²) < 4.78 is 19.3. The normalized spacial score (nSPS) is 22.5. The van der Waals surface area contributed by atoms with Crippen LogP contribution in [0.1, 0.15) is 83.1 Å². The van der Waals surface area contributed by atoms with Crippen LogP contribution in [0, 0.1) is 17.7 Å². The highest BCUT2D eigenvalue weighted by molar-refractivity contribution is 5.74. The van der Waals surface area contributed by atoms with Gasteiger partial charge in [-0.2, -0.15) is 0 Å². The zero-order valence-corrected chi connectivity index (χ0v) is 21.6. The number of nitrogens with one attached hydrogen (secondary N) is 1. The number of carbonyl (C=O) groups is 1. The summed E-state index contributed by atoms with van der Waals surface area (Å²) in [5.74, 6) is -0.312. The van der Waals surface area contributed by atoms with Crippen molar-refractivity contribution in [3.8, 4) is 0 Å². The van der Waals surface area contributed by atoms with Crippen molar-refractivity contribution < 1.29 is 24.1 Å². The number of nitrogens with zero attached hydrogens (tertiary/aromatic N) is 1. The average molecular weight is 493 g/mol. The van der Waals surface area contributed by atoms with Crippen LogP contribution in [0.3, 0.4) is 0 Å². The first-order valence-corrected chi connectivity index (χ1v) is 13.6. The zero-order chi connectivity index (χ0) is 25.3. The number of aliphatic hydroxyl groups is 2. The molecule has 0 spiro atoms. The van der Waals surface area contributed by atoms with E-state index in [9.17, 15) is 19.4 Å². The SMILES string of the molecule is CCC[C@@H](NC(=O)N1CCC[C@@H]([C@@](O)(CCCCOC)c2cccc(F)c2)C1)[C@@H](O)C1CCCC1. The molecule has 2 fully saturated rings. The monoisotopic (exact) mass is 492 g/mol. The lowest BCUT2D eigenvalue weighted by Crippen LogP contribution is -2.55. The number of methoxy groups -OCH3 is 1. The molecule has 198 valence electrons.